The Morgan fingerprint density at radius 2 is 1.10 bits per heavy atom. The summed E-state index contributed by atoms with van der Waals surface area (Å²) in [5, 5.41) is 0. The molecule has 5 heteroatoms. The summed E-state index contributed by atoms with van der Waals surface area (Å²) in [4.78, 5) is 7.73. The molecule has 0 spiro atoms. The lowest BCUT2D eigenvalue weighted by Gasteiger charge is -2.50. The third kappa shape index (κ3) is 5.14. The maximum atomic E-state index is 13.1. The average Bonchev–Trinajstić information content (AvgIpc) is 3.39. The fraction of sp³-hybridized carbons (Fsp3) is 1.00. The molecule has 0 amide bonds. The van der Waals surface area contributed by atoms with Crippen molar-refractivity contribution >= 4 is 0 Å². The van der Waals surface area contributed by atoms with E-state index in [1.54, 1.807) is 0 Å². The summed E-state index contributed by atoms with van der Waals surface area (Å²) in [5.41, 5.74) is 0. The molecule has 2 aliphatic carbocycles. The quantitative estimate of drug-likeness (QED) is 0.427. The van der Waals surface area contributed by atoms with Crippen LogP contribution in [0.5, 0.6) is 0 Å². The highest BCUT2D eigenvalue weighted by Gasteiger charge is 2.42. The van der Waals surface area contributed by atoms with Gasteiger partial charge in [-0.25, -0.2) is 8.78 Å². The van der Waals surface area contributed by atoms with Crippen LogP contribution < -0.4 is 0 Å². The molecule has 31 heavy (non-hydrogen) atoms. The zero-order valence-corrected chi connectivity index (χ0v) is 19.9. The summed E-state index contributed by atoms with van der Waals surface area (Å²) in [5.74, 6) is 3.61. The zero-order valence-electron chi connectivity index (χ0n) is 19.9. The molecule has 0 aromatic heterocycles. The summed E-state index contributed by atoms with van der Waals surface area (Å²) in [6.07, 6.45) is 9.97. The Kier molecular flexibility index (Phi) is 6.93. The topological polar surface area (TPSA) is 9.72 Å². The van der Waals surface area contributed by atoms with E-state index in [1.165, 1.54) is 84.0 Å². The van der Waals surface area contributed by atoms with Gasteiger partial charge in [-0.05, 0) is 76.0 Å². The van der Waals surface area contributed by atoms with E-state index < -0.39 is 6.43 Å². The molecular weight excluding hydrogens is 392 g/mol. The van der Waals surface area contributed by atoms with Crippen LogP contribution in [0.15, 0.2) is 0 Å². The largest absolute Gasteiger partial charge is 0.300 e. The van der Waals surface area contributed by atoms with Crippen LogP contribution >= 0.6 is 0 Å². The van der Waals surface area contributed by atoms with E-state index in [9.17, 15) is 8.78 Å². The molecule has 178 valence electrons. The van der Waals surface area contributed by atoms with Crippen molar-refractivity contribution in [3.05, 3.63) is 0 Å². The van der Waals surface area contributed by atoms with Crippen LogP contribution in [0.4, 0.5) is 8.78 Å². The van der Waals surface area contributed by atoms with Crippen molar-refractivity contribution in [2.75, 3.05) is 39.3 Å². The molecule has 0 aromatic rings. The van der Waals surface area contributed by atoms with E-state index in [2.05, 4.69) is 28.5 Å². The SMILES string of the molecule is CC(CCC(CCC(C)N1CC(C2CC2)C1)N1CC(C(F)F)C1)N1CC(C2CCC2)C1. The van der Waals surface area contributed by atoms with Gasteiger partial charge in [0.25, 0.3) is 0 Å². The number of hydrogen-bond donors (Lipinski definition) is 0. The van der Waals surface area contributed by atoms with Crippen molar-refractivity contribution in [2.24, 2.45) is 29.6 Å². The van der Waals surface area contributed by atoms with Crippen LogP contribution in [0.3, 0.4) is 0 Å². The molecule has 3 aliphatic heterocycles. The lowest BCUT2D eigenvalue weighted by atomic mass is 9.72. The first-order valence-electron chi connectivity index (χ1n) is 13.5. The molecule has 2 saturated carbocycles. The van der Waals surface area contributed by atoms with Gasteiger partial charge in [-0.3, -0.25) is 14.7 Å². The molecule has 0 N–H and O–H groups in total. The highest BCUT2D eigenvalue weighted by Crippen LogP contribution is 2.42. The number of halogens is 2. The van der Waals surface area contributed by atoms with Crippen molar-refractivity contribution < 1.29 is 8.78 Å². The minimum atomic E-state index is -2.14. The molecule has 0 bridgehead atoms. The van der Waals surface area contributed by atoms with Gasteiger partial charge >= 0.3 is 0 Å². The molecule has 5 fully saturated rings. The number of rotatable bonds is 12. The second-order valence-electron chi connectivity index (χ2n) is 12.0. The Morgan fingerprint density at radius 1 is 0.613 bits per heavy atom. The first kappa shape index (κ1) is 22.5. The number of likely N-dealkylation sites (tertiary alicyclic amines) is 3. The molecule has 3 nitrogen and oxygen atoms in total. The van der Waals surface area contributed by atoms with Gasteiger partial charge in [0.1, 0.15) is 0 Å². The molecular formula is C26H45F2N3. The van der Waals surface area contributed by atoms with Gasteiger partial charge in [0, 0.05) is 63.3 Å². The van der Waals surface area contributed by atoms with Crippen LogP contribution in [-0.2, 0) is 0 Å². The maximum absolute atomic E-state index is 13.1. The van der Waals surface area contributed by atoms with Crippen LogP contribution in [0.25, 0.3) is 0 Å². The fourth-order valence-electron chi connectivity index (χ4n) is 6.64. The third-order valence-electron chi connectivity index (χ3n) is 9.87. The summed E-state index contributed by atoms with van der Waals surface area (Å²) in [7, 11) is 0. The van der Waals surface area contributed by atoms with Crippen LogP contribution in [-0.4, -0.2) is 78.5 Å². The Balaban J connectivity index is 1.05. The lowest BCUT2D eigenvalue weighted by molar-refractivity contribution is -0.0529. The van der Waals surface area contributed by atoms with E-state index in [-0.39, 0.29) is 5.92 Å². The van der Waals surface area contributed by atoms with Gasteiger partial charge in [0.05, 0.1) is 0 Å². The van der Waals surface area contributed by atoms with Gasteiger partial charge in [-0.15, -0.1) is 0 Å². The maximum Gasteiger partial charge on any atom is 0.243 e. The molecule has 3 heterocycles. The van der Waals surface area contributed by atoms with Gasteiger partial charge in [0.15, 0.2) is 0 Å². The van der Waals surface area contributed by atoms with Crippen molar-refractivity contribution in [3.63, 3.8) is 0 Å². The Labute approximate surface area is 188 Å². The van der Waals surface area contributed by atoms with Gasteiger partial charge < -0.3 is 0 Å². The minimum Gasteiger partial charge on any atom is -0.300 e. The van der Waals surface area contributed by atoms with Crippen LogP contribution in [0.2, 0.25) is 0 Å². The van der Waals surface area contributed by atoms with E-state index in [0.29, 0.717) is 31.2 Å². The second-order valence-corrected chi connectivity index (χ2v) is 12.0. The summed E-state index contributed by atoms with van der Waals surface area (Å²) >= 11 is 0. The van der Waals surface area contributed by atoms with E-state index >= 15 is 0 Å². The smallest absolute Gasteiger partial charge is 0.243 e. The van der Waals surface area contributed by atoms with Crippen molar-refractivity contribution in [1.29, 1.82) is 0 Å². The third-order valence-corrected chi connectivity index (χ3v) is 9.87. The summed E-state index contributed by atoms with van der Waals surface area (Å²) in [6, 6.07) is 1.81. The summed E-state index contributed by atoms with van der Waals surface area (Å²) < 4.78 is 26.1. The second kappa shape index (κ2) is 9.54. The average molecular weight is 438 g/mol. The highest BCUT2D eigenvalue weighted by atomic mass is 19.3. The van der Waals surface area contributed by atoms with Gasteiger partial charge in [-0.1, -0.05) is 19.3 Å². The van der Waals surface area contributed by atoms with Crippen molar-refractivity contribution in [1.82, 2.24) is 14.7 Å². The molecule has 5 aliphatic rings. The lowest BCUT2D eigenvalue weighted by Crippen LogP contribution is -2.56. The first-order chi connectivity index (χ1) is 15.0. The fourth-order valence-corrected chi connectivity index (χ4v) is 6.64. The zero-order chi connectivity index (χ0) is 21.5. The Hall–Kier alpha value is -0.260. The molecule has 5 rings (SSSR count). The van der Waals surface area contributed by atoms with Gasteiger partial charge in [-0.2, -0.15) is 0 Å². The minimum absolute atomic E-state index is 0.384. The number of alkyl halides is 2. The van der Waals surface area contributed by atoms with Crippen molar-refractivity contribution in [2.45, 2.75) is 96.2 Å². The molecule has 0 aromatic carbocycles. The molecule has 0 radical (unpaired) electrons. The standard InChI is InChI=1S/C26H45F2N3/c1-18(29-12-22(13-29)20-4-3-5-20)6-10-25(31-16-24(17-31)26(27)28)11-7-19(2)30-14-23(15-30)21-8-9-21/h18-26H,3-17H2,1-2H3. The molecule has 3 unspecified atom stereocenters. The Morgan fingerprint density at radius 3 is 1.48 bits per heavy atom. The van der Waals surface area contributed by atoms with Crippen molar-refractivity contribution in [3.8, 4) is 0 Å². The predicted octanol–water partition coefficient (Wildman–Crippen LogP) is 4.96. The van der Waals surface area contributed by atoms with E-state index in [0.717, 1.165) is 23.7 Å². The Bertz CT molecular complexity index is 575. The van der Waals surface area contributed by atoms with Crippen LogP contribution in [0, 0.1) is 29.6 Å². The van der Waals surface area contributed by atoms with E-state index in [4.69, 9.17) is 0 Å². The van der Waals surface area contributed by atoms with E-state index in [1.807, 2.05) is 0 Å². The number of hydrogen-bond acceptors (Lipinski definition) is 3. The normalized spacial score (nSPS) is 30.5. The number of nitrogens with zero attached hydrogens (tertiary/aromatic N) is 3. The highest BCUT2D eigenvalue weighted by molar-refractivity contribution is 4.95. The van der Waals surface area contributed by atoms with Gasteiger partial charge in [0.2, 0.25) is 6.43 Å². The first-order valence-corrected chi connectivity index (χ1v) is 13.5. The monoisotopic (exact) mass is 437 g/mol. The molecule has 3 saturated heterocycles. The van der Waals surface area contributed by atoms with Crippen LogP contribution in [0.1, 0.15) is 71.6 Å². The predicted molar refractivity (Wildman–Crippen MR) is 122 cm³/mol. The summed E-state index contributed by atoms with van der Waals surface area (Å²) in [6.45, 7) is 11.2. The molecule has 3 atom stereocenters.